The highest BCUT2D eigenvalue weighted by molar-refractivity contribution is 5.68. The second kappa shape index (κ2) is 3.54. The molecule has 0 aromatic rings. The monoisotopic (exact) mass is 186 g/mol. The molecule has 0 aromatic heterocycles. The van der Waals surface area contributed by atoms with Crippen LogP contribution in [0.15, 0.2) is 0 Å². The average molecular weight is 186 g/mol. The van der Waals surface area contributed by atoms with Crippen molar-refractivity contribution in [2.75, 3.05) is 6.61 Å². The molecule has 13 heavy (non-hydrogen) atoms. The van der Waals surface area contributed by atoms with Gasteiger partial charge in [0.15, 0.2) is 0 Å². The van der Waals surface area contributed by atoms with E-state index in [1.165, 1.54) is 0 Å². The first-order valence-corrected chi connectivity index (χ1v) is 4.66. The van der Waals surface area contributed by atoms with Crippen LogP contribution < -0.4 is 5.43 Å². The second-order valence-electron chi connectivity index (χ2n) is 4.30. The summed E-state index contributed by atoms with van der Waals surface area (Å²) in [7, 11) is 0. The molecule has 1 N–H and O–H groups in total. The van der Waals surface area contributed by atoms with Gasteiger partial charge in [0.2, 0.25) is 0 Å². The number of hydrogen-bond donors (Lipinski definition) is 1. The Labute approximate surface area is 79.2 Å². The molecule has 0 unspecified atom stereocenters. The number of carbonyl (C=O) groups excluding carboxylic acids is 1. The van der Waals surface area contributed by atoms with Gasteiger partial charge in [0, 0.05) is 12.5 Å². The Morgan fingerprint density at radius 1 is 1.54 bits per heavy atom. The van der Waals surface area contributed by atoms with Gasteiger partial charge in [0.1, 0.15) is 0 Å². The minimum absolute atomic E-state index is 0.153. The van der Waals surface area contributed by atoms with Gasteiger partial charge in [-0.1, -0.05) is 0 Å². The molecule has 0 aromatic carbocycles. The van der Waals surface area contributed by atoms with Crippen LogP contribution in [0.1, 0.15) is 34.1 Å². The van der Waals surface area contributed by atoms with Crippen molar-refractivity contribution in [3.05, 3.63) is 0 Å². The molecule has 1 aliphatic heterocycles. The van der Waals surface area contributed by atoms with Gasteiger partial charge < -0.3 is 4.74 Å². The van der Waals surface area contributed by atoms with E-state index in [1.807, 2.05) is 27.7 Å². The van der Waals surface area contributed by atoms with E-state index in [-0.39, 0.29) is 17.7 Å². The molecule has 0 saturated carbocycles. The van der Waals surface area contributed by atoms with Crippen molar-refractivity contribution in [2.24, 2.45) is 0 Å². The zero-order chi connectivity index (χ0) is 10.1. The average Bonchev–Trinajstić information content (AvgIpc) is 1.96. The van der Waals surface area contributed by atoms with Crippen molar-refractivity contribution in [1.82, 2.24) is 10.4 Å². The van der Waals surface area contributed by atoms with Crippen LogP contribution in [0, 0.1) is 0 Å². The molecule has 1 aliphatic rings. The van der Waals surface area contributed by atoms with Crippen molar-refractivity contribution in [1.29, 1.82) is 0 Å². The minimum atomic E-state index is -0.273. The number of hydrazine groups is 1. The second-order valence-corrected chi connectivity index (χ2v) is 4.30. The number of ether oxygens (including phenoxy) is 1. The van der Waals surface area contributed by atoms with Crippen molar-refractivity contribution in [3.63, 3.8) is 0 Å². The first-order chi connectivity index (χ1) is 5.93. The molecule has 76 valence electrons. The molecule has 0 aliphatic carbocycles. The maximum absolute atomic E-state index is 11.4. The summed E-state index contributed by atoms with van der Waals surface area (Å²) in [5.41, 5.74) is 2.93. The zero-order valence-corrected chi connectivity index (χ0v) is 8.76. The van der Waals surface area contributed by atoms with Gasteiger partial charge in [-0.2, -0.15) is 0 Å². The summed E-state index contributed by atoms with van der Waals surface area (Å²) in [6.07, 6.45) is 0.586. The summed E-state index contributed by atoms with van der Waals surface area (Å²) in [5, 5.41) is 1.58. The zero-order valence-electron chi connectivity index (χ0n) is 8.76. The van der Waals surface area contributed by atoms with Crippen LogP contribution in [0.4, 0.5) is 4.79 Å². The van der Waals surface area contributed by atoms with E-state index in [9.17, 15) is 4.79 Å². The topological polar surface area (TPSA) is 41.6 Å². The summed E-state index contributed by atoms with van der Waals surface area (Å²) in [6, 6.07) is 0.241. The quantitative estimate of drug-likeness (QED) is 0.711. The molecule has 1 amide bonds. The number of nitrogens with zero attached hydrogens (tertiary/aromatic N) is 1. The van der Waals surface area contributed by atoms with Gasteiger partial charge in [0.05, 0.1) is 12.1 Å². The number of carbonyl (C=O) groups is 1. The molecule has 4 nitrogen and oxygen atoms in total. The maximum atomic E-state index is 11.4. The number of nitrogens with one attached hydrogen (secondary N) is 1. The molecule has 1 rings (SSSR count). The van der Waals surface area contributed by atoms with Crippen molar-refractivity contribution in [3.8, 4) is 0 Å². The Morgan fingerprint density at radius 2 is 2.15 bits per heavy atom. The Balaban J connectivity index is 2.69. The fraction of sp³-hybridized carbons (Fsp3) is 0.889. The molecule has 1 saturated heterocycles. The smallest absolute Gasteiger partial charge is 0.424 e. The predicted molar refractivity (Wildman–Crippen MR) is 50.2 cm³/mol. The lowest BCUT2D eigenvalue weighted by atomic mass is 10.00. The van der Waals surface area contributed by atoms with Crippen molar-refractivity contribution < 1.29 is 9.53 Å². The van der Waals surface area contributed by atoms with Crippen LogP contribution in [-0.4, -0.2) is 29.3 Å². The fourth-order valence-electron chi connectivity index (χ4n) is 1.30. The highest BCUT2D eigenvalue weighted by Gasteiger charge is 2.36. The van der Waals surface area contributed by atoms with Gasteiger partial charge in [-0.05, 0) is 27.7 Å². The number of amides is 1. The summed E-state index contributed by atoms with van der Waals surface area (Å²) in [5.74, 6) is 0. The van der Waals surface area contributed by atoms with Gasteiger partial charge in [-0.25, -0.2) is 15.2 Å². The molecule has 4 heteroatoms. The molecule has 0 radical (unpaired) electrons. The first-order valence-electron chi connectivity index (χ1n) is 4.66. The Hall–Kier alpha value is -0.770. The number of rotatable bonds is 2. The Kier molecular flexibility index (Phi) is 2.81. The molecule has 0 atom stereocenters. The van der Waals surface area contributed by atoms with E-state index in [0.29, 0.717) is 6.61 Å². The minimum Gasteiger partial charge on any atom is -0.448 e. The number of cyclic esters (lactones) is 1. The third kappa shape index (κ3) is 2.34. The van der Waals surface area contributed by atoms with E-state index >= 15 is 0 Å². The highest BCUT2D eigenvalue weighted by Crippen LogP contribution is 2.22. The maximum Gasteiger partial charge on any atom is 0.424 e. The standard InChI is InChI=1S/C9H18N2O2/c1-7(2)10-11-8(12)13-6-5-9(11,3)4/h7,10H,5-6H2,1-4H3. The normalized spacial score (nSPS) is 21.9. The predicted octanol–water partition coefficient (Wildman–Crippen LogP) is 1.52. The van der Waals surface area contributed by atoms with Crippen LogP contribution in [0.25, 0.3) is 0 Å². The molecular weight excluding hydrogens is 168 g/mol. The van der Waals surface area contributed by atoms with Gasteiger partial charge in [-0.3, -0.25) is 0 Å². The lowest BCUT2D eigenvalue weighted by Gasteiger charge is -2.42. The number of hydrogen-bond acceptors (Lipinski definition) is 3. The van der Waals surface area contributed by atoms with Crippen LogP contribution in [0.3, 0.4) is 0 Å². The van der Waals surface area contributed by atoms with Crippen LogP contribution in [0.2, 0.25) is 0 Å². The van der Waals surface area contributed by atoms with Gasteiger partial charge in [0.25, 0.3) is 0 Å². The summed E-state index contributed by atoms with van der Waals surface area (Å²) in [4.78, 5) is 11.4. The van der Waals surface area contributed by atoms with E-state index in [2.05, 4.69) is 5.43 Å². The van der Waals surface area contributed by atoms with E-state index in [1.54, 1.807) is 5.01 Å². The summed E-state index contributed by atoms with van der Waals surface area (Å²) in [6.45, 7) is 8.57. The SMILES string of the molecule is CC(C)NN1C(=O)OCCC1(C)C. The summed E-state index contributed by atoms with van der Waals surface area (Å²) >= 11 is 0. The van der Waals surface area contributed by atoms with Crippen LogP contribution >= 0.6 is 0 Å². The fourth-order valence-corrected chi connectivity index (χ4v) is 1.30. The highest BCUT2D eigenvalue weighted by atomic mass is 16.6. The Bertz CT molecular complexity index is 202. The molecule has 1 heterocycles. The van der Waals surface area contributed by atoms with Crippen molar-refractivity contribution in [2.45, 2.75) is 45.7 Å². The molecule has 1 fully saturated rings. The molecular formula is C9H18N2O2. The molecule has 0 bridgehead atoms. The van der Waals surface area contributed by atoms with Gasteiger partial charge in [-0.15, -0.1) is 0 Å². The van der Waals surface area contributed by atoms with Gasteiger partial charge >= 0.3 is 6.09 Å². The third-order valence-corrected chi connectivity index (χ3v) is 2.11. The van der Waals surface area contributed by atoms with Crippen molar-refractivity contribution >= 4 is 6.09 Å². The van der Waals surface area contributed by atoms with E-state index in [4.69, 9.17) is 4.74 Å². The molecule has 0 spiro atoms. The van der Waals surface area contributed by atoms with Crippen LogP contribution in [0.5, 0.6) is 0 Å². The van der Waals surface area contributed by atoms with Crippen LogP contribution in [-0.2, 0) is 4.74 Å². The first kappa shape index (κ1) is 10.3. The largest absolute Gasteiger partial charge is 0.448 e. The Morgan fingerprint density at radius 3 is 2.62 bits per heavy atom. The lowest BCUT2D eigenvalue weighted by molar-refractivity contribution is -0.0216. The lowest BCUT2D eigenvalue weighted by Crippen LogP contribution is -2.60. The van der Waals surface area contributed by atoms with E-state index in [0.717, 1.165) is 6.42 Å². The third-order valence-electron chi connectivity index (χ3n) is 2.11. The van der Waals surface area contributed by atoms with E-state index < -0.39 is 0 Å². The summed E-state index contributed by atoms with van der Waals surface area (Å²) < 4.78 is 4.95.